The van der Waals surface area contributed by atoms with Crippen molar-refractivity contribution in [1.82, 2.24) is 10.6 Å². The highest BCUT2D eigenvalue weighted by Gasteiger charge is 2.34. The van der Waals surface area contributed by atoms with E-state index >= 15 is 0 Å². The van der Waals surface area contributed by atoms with Gasteiger partial charge < -0.3 is 15.4 Å². The first kappa shape index (κ1) is 20.0. The summed E-state index contributed by atoms with van der Waals surface area (Å²) in [6.45, 7) is 3.45. The van der Waals surface area contributed by atoms with E-state index in [1.165, 1.54) is 24.8 Å². The Morgan fingerprint density at radius 1 is 1.33 bits per heavy atom. The van der Waals surface area contributed by atoms with Crippen LogP contribution >= 0.6 is 24.2 Å². The molecule has 1 heterocycles. The van der Waals surface area contributed by atoms with Crippen molar-refractivity contribution < 1.29 is 9.13 Å². The molecule has 0 bridgehead atoms. The second-order valence-corrected chi connectivity index (χ2v) is 7.43. The summed E-state index contributed by atoms with van der Waals surface area (Å²) in [6, 6.07) is 6.18. The van der Waals surface area contributed by atoms with Crippen molar-refractivity contribution in [1.29, 1.82) is 0 Å². The maximum Gasteiger partial charge on any atom is 0.123 e. The molecule has 0 aromatic heterocycles. The number of morpholine rings is 1. The zero-order chi connectivity index (χ0) is 16.1. The van der Waals surface area contributed by atoms with Crippen molar-refractivity contribution in [2.24, 2.45) is 5.92 Å². The predicted octanol–water partition coefficient (Wildman–Crippen LogP) is 3.36. The molecule has 2 N–H and O–H groups in total. The summed E-state index contributed by atoms with van der Waals surface area (Å²) in [4.78, 5) is 0. The molecule has 0 radical (unpaired) electrons. The Bertz CT molecular complexity index is 514. The Kier molecular flexibility index (Phi) is 8.31. The third-order valence-electron chi connectivity index (χ3n) is 5.06. The van der Waals surface area contributed by atoms with Crippen molar-refractivity contribution in [3.05, 3.63) is 35.1 Å². The van der Waals surface area contributed by atoms with Gasteiger partial charge in [0, 0.05) is 30.9 Å². The molecule has 1 saturated heterocycles. The van der Waals surface area contributed by atoms with Crippen molar-refractivity contribution in [2.75, 3.05) is 26.0 Å². The van der Waals surface area contributed by atoms with Crippen molar-refractivity contribution in [2.45, 2.75) is 43.6 Å². The minimum Gasteiger partial charge on any atom is -0.379 e. The summed E-state index contributed by atoms with van der Waals surface area (Å²) in [5.41, 5.74) is 2.33. The van der Waals surface area contributed by atoms with E-state index in [1.54, 1.807) is 23.9 Å². The molecule has 3 nitrogen and oxygen atoms in total. The molecule has 2 fully saturated rings. The number of hydrogen-bond donors (Lipinski definition) is 2. The molecule has 1 aromatic carbocycles. The molecule has 2 aliphatic rings. The van der Waals surface area contributed by atoms with Gasteiger partial charge in [-0.3, -0.25) is 0 Å². The third kappa shape index (κ3) is 5.09. The Hall–Kier alpha value is -0.330. The highest BCUT2D eigenvalue weighted by molar-refractivity contribution is 7.97. The number of benzene rings is 1. The Morgan fingerprint density at radius 3 is 2.96 bits per heavy atom. The van der Waals surface area contributed by atoms with E-state index in [0.717, 1.165) is 37.6 Å². The fourth-order valence-electron chi connectivity index (χ4n) is 3.88. The van der Waals surface area contributed by atoms with Gasteiger partial charge in [-0.15, -0.1) is 12.4 Å². The molecule has 3 atom stereocenters. The molecular weight excluding hydrogens is 347 g/mol. The third-order valence-corrected chi connectivity index (χ3v) is 5.66. The standard InChI is InChI=1S/C18H27FN2OS.ClH/c1-23-12-14-9-15(19)6-5-13(14)10-21-17-4-2-3-16(17)18-11-22-8-7-20-18;/h5-6,9,16-18,20-21H,2-4,7-8,10-12H2,1H3;1H. The number of ether oxygens (including phenoxy) is 1. The molecule has 1 aromatic rings. The van der Waals surface area contributed by atoms with E-state index in [4.69, 9.17) is 4.74 Å². The molecule has 0 spiro atoms. The van der Waals surface area contributed by atoms with Gasteiger partial charge in [0.25, 0.3) is 0 Å². The van der Waals surface area contributed by atoms with Gasteiger partial charge in [0.05, 0.1) is 13.2 Å². The Balaban J connectivity index is 0.00000208. The normalized spacial score (nSPS) is 27.0. The van der Waals surface area contributed by atoms with Crippen molar-refractivity contribution in [3.8, 4) is 0 Å². The van der Waals surface area contributed by atoms with Crippen LogP contribution in [0, 0.1) is 11.7 Å². The van der Waals surface area contributed by atoms with Crippen LogP contribution in [0.1, 0.15) is 30.4 Å². The molecule has 3 rings (SSSR count). The van der Waals surface area contributed by atoms with Crippen LogP contribution in [0.4, 0.5) is 4.39 Å². The molecule has 0 amide bonds. The minimum atomic E-state index is -0.139. The van der Waals surface area contributed by atoms with Crippen molar-refractivity contribution in [3.63, 3.8) is 0 Å². The SMILES string of the molecule is CSCc1cc(F)ccc1CNC1CCCC1C1COCCN1.Cl. The zero-order valence-corrected chi connectivity index (χ0v) is 15.9. The van der Waals surface area contributed by atoms with Crippen LogP contribution in [0.15, 0.2) is 18.2 Å². The van der Waals surface area contributed by atoms with E-state index in [-0.39, 0.29) is 18.2 Å². The van der Waals surface area contributed by atoms with Crippen molar-refractivity contribution >= 4 is 24.2 Å². The van der Waals surface area contributed by atoms with Gasteiger partial charge in [-0.2, -0.15) is 11.8 Å². The first-order chi connectivity index (χ1) is 11.3. The molecule has 1 aliphatic carbocycles. The monoisotopic (exact) mass is 374 g/mol. The van der Waals surface area contributed by atoms with Gasteiger partial charge in [-0.25, -0.2) is 4.39 Å². The van der Waals surface area contributed by atoms with Gasteiger partial charge in [-0.05, 0) is 48.3 Å². The van der Waals surface area contributed by atoms with Gasteiger partial charge in [0.15, 0.2) is 0 Å². The van der Waals surface area contributed by atoms with E-state index in [1.807, 2.05) is 6.07 Å². The summed E-state index contributed by atoms with van der Waals surface area (Å²) in [7, 11) is 0. The lowest BCUT2D eigenvalue weighted by Crippen LogP contribution is -2.50. The Labute approximate surface area is 154 Å². The summed E-state index contributed by atoms with van der Waals surface area (Å²) < 4.78 is 19.1. The first-order valence-corrected chi connectivity index (χ1v) is 9.98. The summed E-state index contributed by atoms with van der Waals surface area (Å²) in [5.74, 6) is 1.36. The quantitative estimate of drug-likeness (QED) is 0.800. The van der Waals surface area contributed by atoms with Crippen LogP contribution in [0.3, 0.4) is 0 Å². The first-order valence-electron chi connectivity index (χ1n) is 8.58. The highest BCUT2D eigenvalue weighted by atomic mass is 35.5. The van der Waals surface area contributed by atoms with E-state index in [0.29, 0.717) is 18.0 Å². The summed E-state index contributed by atoms with van der Waals surface area (Å²) in [5, 5.41) is 7.35. The highest BCUT2D eigenvalue weighted by Crippen LogP contribution is 2.30. The van der Waals surface area contributed by atoms with Crippen LogP contribution in [-0.2, 0) is 17.0 Å². The van der Waals surface area contributed by atoms with Gasteiger partial charge >= 0.3 is 0 Å². The van der Waals surface area contributed by atoms with Gasteiger partial charge in [0.2, 0.25) is 0 Å². The number of halogens is 2. The van der Waals surface area contributed by atoms with Crippen LogP contribution in [0.2, 0.25) is 0 Å². The topological polar surface area (TPSA) is 33.3 Å². The van der Waals surface area contributed by atoms with Crippen LogP contribution in [0.5, 0.6) is 0 Å². The maximum atomic E-state index is 13.5. The lowest BCUT2D eigenvalue weighted by molar-refractivity contribution is 0.0524. The average molecular weight is 375 g/mol. The zero-order valence-electron chi connectivity index (χ0n) is 14.2. The molecular formula is C18H28ClFN2OS. The van der Waals surface area contributed by atoms with E-state index in [2.05, 4.69) is 16.9 Å². The summed E-state index contributed by atoms with van der Waals surface area (Å²) >= 11 is 1.74. The van der Waals surface area contributed by atoms with E-state index < -0.39 is 0 Å². The number of nitrogens with one attached hydrogen (secondary N) is 2. The van der Waals surface area contributed by atoms with Gasteiger partial charge in [0.1, 0.15) is 5.82 Å². The second-order valence-electron chi connectivity index (χ2n) is 6.56. The Morgan fingerprint density at radius 2 is 2.21 bits per heavy atom. The smallest absolute Gasteiger partial charge is 0.123 e. The van der Waals surface area contributed by atoms with Gasteiger partial charge in [-0.1, -0.05) is 12.5 Å². The predicted molar refractivity (Wildman–Crippen MR) is 101 cm³/mol. The lowest BCUT2D eigenvalue weighted by Gasteiger charge is -2.33. The molecule has 3 unspecified atom stereocenters. The minimum absolute atomic E-state index is 0. The molecule has 1 saturated carbocycles. The number of hydrogen-bond acceptors (Lipinski definition) is 4. The van der Waals surface area contributed by atoms with Crippen LogP contribution in [0.25, 0.3) is 0 Å². The van der Waals surface area contributed by atoms with Crippen LogP contribution in [-0.4, -0.2) is 38.1 Å². The molecule has 1 aliphatic heterocycles. The fraction of sp³-hybridized carbons (Fsp3) is 0.667. The number of thioether (sulfide) groups is 1. The number of rotatable bonds is 6. The molecule has 136 valence electrons. The molecule has 6 heteroatoms. The van der Waals surface area contributed by atoms with Crippen LogP contribution < -0.4 is 10.6 Å². The largest absolute Gasteiger partial charge is 0.379 e. The average Bonchev–Trinajstić information content (AvgIpc) is 3.04. The van der Waals surface area contributed by atoms with E-state index in [9.17, 15) is 4.39 Å². The fourth-order valence-corrected chi connectivity index (χ4v) is 4.46. The maximum absolute atomic E-state index is 13.5. The second kappa shape index (κ2) is 9.97. The summed E-state index contributed by atoms with van der Waals surface area (Å²) in [6.07, 6.45) is 5.83. The molecule has 24 heavy (non-hydrogen) atoms. The lowest BCUT2D eigenvalue weighted by atomic mass is 9.93.